The molecule has 0 N–H and O–H groups in total. The van der Waals surface area contributed by atoms with E-state index in [0.717, 1.165) is 23.1 Å². The smallest absolute Gasteiger partial charge is 0.131 e. The molecule has 1 aliphatic rings. The molecule has 5 heteroatoms. The Balaban J connectivity index is 1.53. The van der Waals surface area contributed by atoms with Gasteiger partial charge in [0.1, 0.15) is 10.0 Å². The number of likely N-dealkylation sites (tertiary alicyclic amines) is 1. The fourth-order valence-corrected chi connectivity index (χ4v) is 4.17. The standard InChI is InChI=1S/C18H26N4S/c1-14-11-17(21(3)13-18-20-19-15(2)23-18)9-10-22(14)12-16-7-5-4-6-8-16/h4-8,14,17H,9-13H2,1-3H3/t14-,17-/m1/s1. The molecule has 23 heavy (non-hydrogen) atoms. The minimum absolute atomic E-state index is 0.618. The first-order valence-corrected chi connectivity index (χ1v) is 9.20. The molecule has 3 rings (SSSR count). The summed E-state index contributed by atoms with van der Waals surface area (Å²) in [6, 6.07) is 12.1. The summed E-state index contributed by atoms with van der Waals surface area (Å²) in [5, 5.41) is 10.6. The molecule has 0 radical (unpaired) electrons. The molecule has 2 atom stereocenters. The van der Waals surface area contributed by atoms with Crippen molar-refractivity contribution >= 4 is 11.3 Å². The zero-order chi connectivity index (χ0) is 16.2. The summed E-state index contributed by atoms with van der Waals surface area (Å²) in [4.78, 5) is 5.06. The number of piperidine rings is 1. The van der Waals surface area contributed by atoms with Crippen LogP contribution in [0.5, 0.6) is 0 Å². The first kappa shape index (κ1) is 16.6. The van der Waals surface area contributed by atoms with Gasteiger partial charge in [0.25, 0.3) is 0 Å². The lowest BCUT2D eigenvalue weighted by atomic mass is 9.96. The Morgan fingerprint density at radius 3 is 2.70 bits per heavy atom. The van der Waals surface area contributed by atoms with Gasteiger partial charge in [0.05, 0.1) is 6.54 Å². The summed E-state index contributed by atoms with van der Waals surface area (Å²) in [5.41, 5.74) is 1.41. The van der Waals surface area contributed by atoms with Crippen molar-refractivity contribution in [2.24, 2.45) is 0 Å². The number of benzene rings is 1. The Morgan fingerprint density at radius 1 is 1.26 bits per heavy atom. The maximum absolute atomic E-state index is 4.26. The van der Waals surface area contributed by atoms with Crippen molar-refractivity contribution < 1.29 is 0 Å². The van der Waals surface area contributed by atoms with Crippen molar-refractivity contribution in [3.8, 4) is 0 Å². The van der Waals surface area contributed by atoms with E-state index in [1.54, 1.807) is 11.3 Å². The van der Waals surface area contributed by atoms with Crippen molar-refractivity contribution in [2.75, 3.05) is 13.6 Å². The molecule has 0 aliphatic carbocycles. The number of aryl methyl sites for hydroxylation is 1. The van der Waals surface area contributed by atoms with Crippen LogP contribution in [0.4, 0.5) is 0 Å². The highest BCUT2D eigenvalue weighted by Gasteiger charge is 2.28. The van der Waals surface area contributed by atoms with E-state index >= 15 is 0 Å². The largest absolute Gasteiger partial charge is 0.297 e. The van der Waals surface area contributed by atoms with Crippen LogP contribution < -0.4 is 0 Å². The van der Waals surface area contributed by atoms with Crippen LogP contribution in [0.25, 0.3) is 0 Å². The van der Waals surface area contributed by atoms with Gasteiger partial charge in [-0.25, -0.2) is 0 Å². The predicted molar refractivity (Wildman–Crippen MR) is 95.4 cm³/mol. The third kappa shape index (κ3) is 4.37. The highest BCUT2D eigenvalue weighted by molar-refractivity contribution is 7.11. The van der Waals surface area contributed by atoms with Crippen LogP contribution in [0.15, 0.2) is 30.3 Å². The number of nitrogens with zero attached hydrogens (tertiary/aromatic N) is 4. The molecule has 124 valence electrons. The molecule has 4 nitrogen and oxygen atoms in total. The van der Waals surface area contributed by atoms with Gasteiger partial charge in [-0.15, -0.1) is 21.5 Å². The van der Waals surface area contributed by atoms with Gasteiger partial charge >= 0.3 is 0 Å². The average Bonchev–Trinajstić information content (AvgIpc) is 2.95. The molecular formula is C18H26N4S. The fourth-order valence-electron chi connectivity index (χ4n) is 3.39. The average molecular weight is 331 g/mol. The maximum Gasteiger partial charge on any atom is 0.131 e. The van der Waals surface area contributed by atoms with Gasteiger partial charge in [0.15, 0.2) is 0 Å². The summed E-state index contributed by atoms with van der Waals surface area (Å²) in [6.07, 6.45) is 2.45. The van der Waals surface area contributed by atoms with Crippen LogP contribution in [0.2, 0.25) is 0 Å². The van der Waals surface area contributed by atoms with Crippen molar-refractivity contribution in [3.63, 3.8) is 0 Å². The van der Waals surface area contributed by atoms with Crippen LogP contribution in [-0.4, -0.2) is 45.7 Å². The van der Waals surface area contributed by atoms with Crippen molar-refractivity contribution in [2.45, 2.75) is 51.9 Å². The van der Waals surface area contributed by atoms with Crippen LogP contribution in [0.1, 0.15) is 35.3 Å². The molecule has 0 saturated carbocycles. The van der Waals surface area contributed by atoms with E-state index in [0.29, 0.717) is 12.1 Å². The molecule has 1 saturated heterocycles. The molecule has 0 bridgehead atoms. The molecule has 0 spiro atoms. The monoisotopic (exact) mass is 330 g/mol. The molecular weight excluding hydrogens is 304 g/mol. The van der Waals surface area contributed by atoms with E-state index in [4.69, 9.17) is 0 Å². The Morgan fingerprint density at radius 2 is 2.04 bits per heavy atom. The summed E-state index contributed by atoms with van der Waals surface area (Å²) in [7, 11) is 2.22. The van der Waals surface area contributed by atoms with Gasteiger partial charge < -0.3 is 0 Å². The Bertz CT molecular complexity index is 612. The summed E-state index contributed by atoms with van der Waals surface area (Å²) >= 11 is 1.71. The number of rotatable bonds is 5. The maximum atomic E-state index is 4.26. The quantitative estimate of drug-likeness (QED) is 0.842. The predicted octanol–water partition coefficient (Wildman–Crippen LogP) is 3.33. The molecule has 2 aromatic rings. The third-order valence-electron chi connectivity index (χ3n) is 4.79. The lowest BCUT2D eigenvalue weighted by Gasteiger charge is -2.41. The van der Waals surface area contributed by atoms with Crippen LogP contribution >= 0.6 is 11.3 Å². The number of hydrogen-bond acceptors (Lipinski definition) is 5. The minimum atomic E-state index is 0.618. The molecule has 0 amide bonds. The van der Waals surface area contributed by atoms with Gasteiger partial charge in [-0.2, -0.15) is 0 Å². The van der Waals surface area contributed by atoms with Gasteiger partial charge in [0, 0.05) is 25.2 Å². The van der Waals surface area contributed by atoms with E-state index in [1.807, 2.05) is 6.92 Å². The second-order valence-electron chi connectivity index (χ2n) is 6.61. The number of hydrogen-bond donors (Lipinski definition) is 0. The molecule has 1 aromatic carbocycles. The first-order valence-electron chi connectivity index (χ1n) is 8.39. The van der Waals surface area contributed by atoms with Crippen molar-refractivity contribution in [1.29, 1.82) is 0 Å². The zero-order valence-corrected chi connectivity index (χ0v) is 15.1. The van der Waals surface area contributed by atoms with Gasteiger partial charge in [-0.05, 0) is 39.3 Å². The minimum Gasteiger partial charge on any atom is -0.297 e. The molecule has 2 heterocycles. The highest BCUT2D eigenvalue weighted by Crippen LogP contribution is 2.24. The second-order valence-corrected chi connectivity index (χ2v) is 7.88. The Hall–Kier alpha value is -1.30. The highest BCUT2D eigenvalue weighted by atomic mass is 32.1. The van der Waals surface area contributed by atoms with Crippen molar-refractivity contribution in [3.05, 3.63) is 45.9 Å². The van der Waals surface area contributed by atoms with E-state index < -0.39 is 0 Å². The van der Waals surface area contributed by atoms with Crippen LogP contribution in [-0.2, 0) is 13.1 Å². The van der Waals surface area contributed by atoms with E-state index in [1.165, 1.54) is 24.9 Å². The number of aromatic nitrogens is 2. The second kappa shape index (κ2) is 7.51. The summed E-state index contributed by atoms with van der Waals surface area (Å²) in [6.45, 7) is 7.53. The lowest BCUT2D eigenvalue weighted by Crippen LogP contribution is -2.47. The van der Waals surface area contributed by atoms with Gasteiger partial charge in [-0.3, -0.25) is 9.80 Å². The summed E-state index contributed by atoms with van der Waals surface area (Å²) in [5.74, 6) is 0. The SMILES string of the molecule is Cc1nnc(CN(C)[C@@H]2CCN(Cc3ccccc3)[C@H](C)C2)s1. The molecule has 1 fully saturated rings. The van der Waals surface area contributed by atoms with E-state index in [-0.39, 0.29) is 0 Å². The normalized spacial score (nSPS) is 22.6. The molecule has 1 aliphatic heterocycles. The van der Waals surface area contributed by atoms with Crippen LogP contribution in [0, 0.1) is 6.92 Å². The topological polar surface area (TPSA) is 32.3 Å². The van der Waals surface area contributed by atoms with Crippen LogP contribution in [0.3, 0.4) is 0 Å². The lowest BCUT2D eigenvalue weighted by molar-refractivity contribution is 0.0770. The van der Waals surface area contributed by atoms with E-state index in [2.05, 4.69) is 64.3 Å². The van der Waals surface area contributed by atoms with E-state index in [9.17, 15) is 0 Å². The summed E-state index contributed by atoms with van der Waals surface area (Å²) < 4.78 is 0. The molecule has 0 unspecified atom stereocenters. The third-order valence-corrected chi connectivity index (χ3v) is 5.61. The zero-order valence-electron chi connectivity index (χ0n) is 14.3. The van der Waals surface area contributed by atoms with Crippen molar-refractivity contribution in [1.82, 2.24) is 20.0 Å². The van der Waals surface area contributed by atoms with Gasteiger partial charge in [-0.1, -0.05) is 30.3 Å². The Labute approximate surface area is 143 Å². The molecule has 1 aromatic heterocycles. The van der Waals surface area contributed by atoms with Gasteiger partial charge in [0.2, 0.25) is 0 Å². The fraction of sp³-hybridized carbons (Fsp3) is 0.556. The Kier molecular flexibility index (Phi) is 5.41. The first-order chi connectivity index (χ1) is 11.1.